The fourth-order valence-corrected chi connectivity index (χ4v) is 5.87. The van der Waals surface area contributed by atoms with E-state index in [1.807, 2.05) is 6.07 Å². The largest absolute Gasteiger partial charge is 0.465 e. The highest BCUT2D eigenvalue weighted by atomic mass is 16.5. The Labute approximate surface area is 246 Å². The van der Waals surface area contributed by atoms with Crippen LogP contribution in [0.3, 0.4) is 0 Å². The monoisotopic (exact) mass is 554 g/mol. The Hall–Kier alpha value is -3.60. The number of carbonyl (C=O) groups excluding carboxylic acids is 2. The summed E-state index contributed by atoms with van der Waals surface area (Å²) in [7, 11) is 1.35. The first-order valence-electron chi connectivity index (χ1n) is 15.1. The molecule has 41 heavy (non-hydrogen) atoms. The Morgan fingerprint density at radius 1 is 0.805 bits per heavy atom. The molecule has 3 aromatic carbocycles. The van der Waals surface area contributed by atoms with E-state index < -0.39 is 5.97 Å². The highest BCUT2D eigenvalue weighted by Crippen LogP contribution is 2.49. The van der Waals surface area contributed by atoms with E-state index in [4.69, 9.17) is 4.74 Å². The average molecular weight is 555 g/mol. The van der Waals surface area contributed by atoms with Crippen molar-refractivity contribution in [2.24, 2.45) is 0 Å². The Bertz CT molecular complexity index is 1340. The number of para-hydroxylation sites is 1. The number of nitrogens with zero attached hydrogens (tertiary/aromatic N) is 1. The zero-order valence-corrected chi connectivity index (χ0v) is 25.7. The number of fused-ring (bicyclic) bond motifs is 1. The van der Waals surface area contributed by atoms with Gasteiger partial charge in [-0.2, -0.15) is 0 Å². The van der Waals surface area contributed by atoms with Crippen molar-refractivity contribution in [3.8, 4) is 0 Å². The van der Waals surface area contributed by atoms with Crippen LogP contribution >= 0.6 is 0 Å². The molecule has 0 aromatic heterocycles. The molecule has 0 saturated heterocycles. The van der Waals surface area contributed by atoms with Gasteiger partial charge in [0.25, 0.3) is 5.91 Å². The van der Waals surface area contributed by atoms with Crippen LogP contribution in [0.4, 0.5) is 17.1 Å². The molecule has 1 aliphatic rings. The summed E-state index contributed by atoms with van der Waals surface area (Å²) in [4.78, 5) is 27.9. The molecule has 4 rings (SSSR count). The lowest BCUT2D eigenvalue weighted by molar-refractivity contribution is 0.0600. The summed E-state index contributed by atoms with van der Waals surface area (Å²) >= 11 is 0. The molecular weight excluding hydrogens is 508 g/mol. The van der Waals surface area contributed by atoms with Crippen molar-refractivity contribution < 1.29 is 14.3 Å². The molecule has 0 unspecified atom stereocenters. The number of methoxy groups -OCH3 is 1. The van der Waals surface area contributed by atoms with E-state index in [9.17, 15) is 9.59 Å². The van der Waals surface area contributed by atoms with Crippen LogP contribution in [0.15, 0.2) is 66.7 Å². The van der Waals surface area contributed by atoms with Crippen LogP contribution in [0, 0.1) is 0 Å². The molecule has 218 valence electrons. The van der Waals surface area contributed by atoms with Crippen LogP contribution in [-0.4, -0.2) is 25.5 Å². The summed E-state index contributed by atoms with van der Waals surface area (Å²) in [5, 5.41) is 3.27. The Morgan fingerprint density at radius 3 is 2.00 bits per heavy atom. The van der Waals surface area contributed by atoms with Crippen molar-refractivity contribution in [1.29, 1.82) is 0 Å². The van der Waals surface area contributed by atoms with E-state index in [0.717, 1.165) is 42.9 Å². The first kappa shape index (κ1) is 30.4. The molecule has 1 N–H and O–H groups in total. The van der Waals surface area contributed by atoms with E-state index >= 15 is 0 Å². The summed E-state index contributed by atoms with van der Waals surface area (Å²) < 4.78 is 4.81. The van der Waals surface area contributed by atoms with Crippen molar-refractivity contribution in [3.05, 3.63) is 89.0 Å². The van der Waals surface area contributed by atoms with Crippen molar-refractivity contribution in [1.82, 2.24) is 0 Å². The Kier molecular flexibility index (Phi) is 9.57. The SMILES string of the molecule is CCCCCCCN(c1ccccc1)c1cc2c(cc1NC(=O)c1ccc(C(=O)OC)cc1)C(C)(C)CCC2(C)C. The lowest BCUT2D eigenvalue weighted by Crippen LogP contribution is -2.34. The number of carbonyl (C=O) groups is 2. The molecule has 0 bridgehead atoms. The van der Waals surface area contributed by atoms with Gasteiger partial charge < -0.3 is 15.0 Å². The molecule has 0 radical (unpaired) electrons. The quantitative estimate of drug-likeness (QED) is 0.190. The molecular formula is C36H46N2O3. The molecule has 3 aromatic rings. The fraction of sp³-hybridized carbons (Fsp3) is 0.444. The highest BCUT2D eigenvalue weighted by molar-refractivity contribution is 6.07. The third-order valence-corrected chi connectivity index (χ3v) is 8.63. The topological polar surface area (TPSA) is 58.6 Å². The standard InChI is InChI=1S/C36H46N2O3/c1-7-8-9-10-14-23-38(28-15-12-11-13-16-28)32-25-30-29(35(2,3)21-22-36(30,4)5)24-31(32)37-33(39)26-17-19-27(20-18-26)34(40)41-6/h11-13,15-20,24-25H,7-10,14,21-23H2,1-6H3,(H,37,39). The van der Waals surface area contributed by atoms with E-state index in [2.05, 4.69) is 81.2 Å². The van der Waals surface area contributed by atoms with Gasteiger partial charge >= 0.3 is 5.97 Å². The first-order valence-corrected chi connectivity index (χ1v) is 15.1. The van der Waals surface area contributed by atoms with Crippen LogP contribution in [0.1, 0.15) is 111 Å². The lowest BCUT2D eigenvalue weighted by atomic mass is 9.63. The van der Waals surface area contributed by atoms with Gasteiger partial charge in [-0.25, -0.2) is 4.79 Å². The number of anilines is 3. The van der Waals surface area contributed by atoms with E-state index in [1.165, 1.54) is 43.9 Å². The van der Waals surface area contributed by atoms with Gasteiger partial charge in [-0.05, 0) is 89.8 Å². The van der Waals surface area contributed by atoms with Crippen LogP contribution in [0.25, 0.3) is 0 Å². The lowest BCUT2D eigenvalue weighted by Gasteiger charge is -2.43. The number of amides is 1. The molecule has 0 atom stereocenters. The maximum absolute atomic E-state index is 13.6. The van der Waals surface area contributed by atoms with Crippen LogP contribution in [0.5, 0.6) is 0 Å². The molecule has 5 nitrogen and oxygen atoms in total. The molecule has 0 spiro atoms. The van der Waals surface area contributed by atoms with Gasteiger partial charge in [-0.15, -0.1) is 0 Å². The molecule has 0 fully saturated rings. The highest BCUT2D eigenvalue weighted by Gasteiger charge is 2.38. The fourth-order valence-electron chi connectivity index (χ4n) is 5.87. The molecule has 0 aliphatic heterocycles. The maximum Gasteiger partial charge on any atom is 0.337 e. The number of unbranched alkanes of at least 4 members (excludes halogenated alkanes) is 4. The zero-order chi connectivity index (χ0) is 29.6. The van der Waals surface area contributed by atoms with E-state index in [0.29, 0.717) is 11.1 Å². The number of benzene rings is 3. The Morgan fingerprint density at radius 2 is 1.39 bits per heavy atom. The van der Waals surface area contributed by atoms with E-state index in [-0.39, 0.29) is 16.7 Å². The van der Waals surface area contributed by atoms with Crippen molar-refractivity contribution >= 4 is 28.9 Å². The molecule has 0 heterocycles. The molecule has 1 aliphatic carbocycles. The number of hydrogen-bond acceptors (Lipinski definition) is 4. The first-order chi connectivity index (χ1) is 19.6. The van der Waals surface area contributed by atoms with Crippen molar-refractivity contribution in [2.75, 3.05) is 23.9 Å². The third kappa shape index (κ3) is 7.01. The summed E-state index contributed by atoms with van der Waals surface area (Å²) in [6.07, 6.45) is 8.16. The normalized spacial score (nSPS) is 15.1. The van der Waals surface area contributed by atoms with Gasteiger partial charge in [0.15, 0.2) is 0 Å². The Balaban J connectivity index is 1.79. The number of rotatable bonds is 11. The van der Waals surface area contributed by atoms with Crippen molar-refractivity contribution in [3.63, 3.8) is 0 Å². The smallest absolute Gasteiger partial charge is 0.337 e. The summed E-state index contributed by atoms with van der Waals surface area (Å²) in [6, 6.07) is 21.7. The van der Waals surface area contributed by atoms with Gasteiger partial charge in [0.1, 0.15) is 0 Å². The summed E-state index contributed by atoms with van der Waals surface area (Å²) in [5.41, 5.74) is 6.56. The second kappa shape index (κ2) is 12.9. The molecule has 0 saturated carbocycles. The van der Waals surface area contributed by atoms with Crippen molar-refractivity contribution in [2.45, 2.75) is 90.4 Å². The van der Waals surface area contributed by atoms with Crippen LogP contribution < -0.4 is 10.2 Å². The second-order valence-corrected chi connectivity index (χ2v) is 12.6. The van der Waals surface area contributed by atoms with Gasteiger partial charge in [0.05, 0.1) is 24.0 Å². The van der Waals surface area contributed by atoms with Gasteiger partial charge in [-0.1, -0.05) is 78.5 Å². The minimum Gasteiger partial charge on any atom is -0.465 e. The van der Waals surface area contributed by atoms with E-state index in [1.54, 1.807) is 24.3 Å². The number of nitrogens with one attached hydrogen (secondary N) is 1. The minimum atomic E-state index is -0.420. The minimum absolute atomic E-state index is 0.00273. The summed E-state index contributed by atoms with van der Waals surface area (Å²) in [6.45, 7) is 12.4. The second-order valence-electron chi connectivity index (χ2n) is 12.6. The maximum atomic E-state index is 13.6. The average Bonchev–Trinajstić information content (AvgIpc) is 2.97. The van der Waals surface area contributed by atoms with Gasteiger partial charge in [0, 0.05) is 17.8 Å². The van der Waals surface area contributed by atoms with Crippen LogP contribution in [0.2, 0.25) is 0 Å². The van der Waals surface area contributed by atoms with Gasteiger partial charge in [-0.3, -0.25) is 4.79 Å². The van der Waals surface area contributed by atoms with Crippen LogP contribution in [-0.2, 0) is 15.6 Å². The summed E-state index contributed by atoms with van der Waals surface area (Å²) in [5.74, 6) is -0.623. The number of esters is 1. The predicted molar refractivity (Wildman–Crippen MR) is 170 cm³/mol. The number of hydrogen-bond donors (Lipinski definition) is 1. The zero-order valence-electron chi connectivity index (χ0n) is 25.7. The molecule has 5 heteroatoms. The molecule has 1 amide bonds. The van der Waals surface area contributed by atoms with Gasteiger partial charge in [0.2, 0.25) is 0 Å². The third-order valence-electron chi connectivity index (χ3n) is 8.63. The number of ether oxygens (including phenoxy) is 1. The predicted octanol–water partition coefficient (Wildman–Crippen LogP) is 9.18.